The summed E-state index contributed by atoms with van der Waals surface area (Å²) >= 11 is 2.78. The summed E-state index contributed by atoms with van der Waals surface area (Å²) in [5, 5.41) is 12.0. The van der Waals surface area contributed by atoms with Crippen LogP contribution in [0.5, 0.6) is 0 Å². The molecule has 138 valence electrons. The smallest absolute Gasteiger partial charge is 0.273 e. The van der Waals surface area contributed by atoms with E-state index < -0.39 is 0 Å². The van der Waals surface area contributed by atoms with Crippen molar-refractivity contribution in [2.24, 2.45) is 0 Å². The molecule has 27 heavy (non-hydrogen) atoms. The zero-order chi connectivity index (χ0) is 18.8. The van der Waals surface area contributed by atoms with Gasteiger partial charge in [0.1, 0.15) is 11.8 Å². The van der Waals surface area contributed by atoms with E-state index in [2.05, 4.69) is 20.8 Å². The lowest BCUT2D eigenvalue weighted by Gasteiger charge is -2.25. The van der Waals surface area contributed by atoms with E-state index in [-0.39, 0.29) is 5.91 Å². The van der Waals surface area contributed by atoms with E-state index in [9.17, 15) is 10.1 Å². The third kappa shape index (κ3) is 3.51. The van der Waals surface area contributed by atoms with Crippen LogP contribution in [-0.4, -0.2) is 47.1 Å². The first-order valence-electron chi connectivity index (χ1n) is 8.43. The lowest BCUT2D eigenvalue weighted by Crippen LogP contribution is -2.40. The predicted octanol–water partition coefficient (Wildman–Crippen LogP) is 3.40. The maximum atomic E-state index is 12.5. The molecule has 0 unspecified atom stereocenters. The van der Waals surface area contributed by atoms with E-state index in [1.807, 2.05) is 19.1 Å². The van der Waals surface area contributed by atoms with Crippen LogP contribution < -0.4 is 4.72 Å². The summed E-state index contributed by atoms with van der Waals surface area (Å²) in [6.45, 7) is 4.34. The maximum absolute atomic E-state index is 12.5. The van der Waals surface area contributed by atoms with Gasteiger partial charge in [-0.25, -0.2) is 4.98 Å². The molecule has 1 aromatic carbocycles. The number of hydrogen-bond acceptors (Lipinski definition) is 7. The van der Waals surface area contributed by atoms with Crippen LogP contribution in [0.2, 0.25) is 0 Å². The number of hydrogen-bond donors (Lipinski definition) is 2. The quantitative estimate of drug-likeness (QED) is 0.653. The van der Waals surface area contributed by atoms with E-state index >= 15 is 0 Å². The van der Waals surface area contributed by atoms with Crippen LogP contribution in [-0.2, 0) is 4.74 Å². The number of carbonyl (C=O) groups excluding carboxylic acids is 1. The molecule has 1 amide bonds. The molecular weight excluding hydrogens is 382 g/mol. The number of fused-ring (bicyclic) bond motifs is 1. The van der Waals surface area contributed by atoms with Crippen LogP contribution in [0.1, 0.15) is 21.6 Å². The Morgan fingerprint density at radius 3 is 3.04 bits per heavy atom. The first-order valence-corrected chi connectivity index (χ1v) is 10.1. The Morgan fingerprint density at radius 2 is 2.26 bits per heavy atom. The molecular formula is C18H17N5O2S2. The van der Waals surface area contributed by atoms with E-state index in [1.165, 1.54) is 23.3 Å². The van der Waals surface area contributed by atoms with Gasteiger partial charge in [0.25, 0.3) is 5.91 Å². The Bertz CT molecular complexity index is 1030. The van der Waals surface area contributed by atoms with E-state index in [4.69, 9.17) is 4.74 Å². The molecule has 0 atom stereocenters. The SMILES string of the molecule is Cc1ccc(NSc2nc(C(=O)N3CCOCC3)cs2)c2[nH]cc(C#N)c12. The molecule has 0 bridgehead atoms. The first-order chi connectivity index (χ1) is 13.2. The summed E-state index contributed by atoms with van der Waals surface area (Å²) in [4.78, 5) is 21.9. The highest BCUT2D eigenvalue weighted by Gasteiger charge is 2.21. The van der Waals surface area contributed by atoms with Gasteiger partial charge in [0.15, 0.2) is 4.34 Å². The highest BCUT2D eigenvalue weighted by Crippen LogP contribution is 2.32. The number of thiazole rings is 1. The third-order valence-electron chi connectivity index (χ3n) is 4.41. The van der Waals surface area contributed by atoms with E-state index in [1.54, 1.807) is 16.5 Å². The number of aromatic nitrogens is 2. The number of benzene rings is 1. The van der Waals surface area contributed by atoms with Gasteiger partial charge in [0.05, 0.1) is 30.0 Å². The van der Waals surface area contributed by atoms with Crippen LogP contribution in [0.25, 0.3) is 10.9 Å². The molecule has 1 aliphatic heterocycles. The van der Waals surface area contributed by atoms with Gasteiger partial charge in [0, 0.05) is 42.0 Å². The van der Waals surface area contributed by atoms with Crippen LogP contribution in [0.15, 0.2) is 28.0 Å². The van der Waals surface area contributed by atoms with Crippen molar-refractivity contribution in [1.82, 2.24) is 14.9 Å². The van der Waals surface area contributed by atoms with E-state index in [0.29, 0.717) is 37.6 Å². The maximum Gasteiger partial charge on any atom is 0.273 e. The molecule has 0 spiro atoms. The van der Waals surface area contributed by atoms with Gasteiger partial charge in [-0.15, -0.1) is 11.3 Å². The molecule has 2 N–H and O–H groups in total. The molecule has 0 radical (unpaired) electrons. The van der Waals surface area contributed by atoms with Crippen molar-refractivity contribution < 1.29 is 9.53 Å². The van der Waals surface area contributed by atoms with Crippen LogP contribution in [0, 0.1) is 18.3 Å². The Balaban J connectivity index is 1.48. The Hall–Kier alpha value is -2.54. The molecule has 1 fully saturated rings. The number of nitrogens with one attached hydrogen (secondary N) is 2. The number of H-pyrrole nitrogens is 1. The van der Waals surface area contributed by atoms with Gasteiger partial charge in [0.2, 0.25) is 0 Å². The molecule has 3 heterocycles. The van der Waals surface area contributed by atoms with Crippen LogP contribution in [0.3, 0.4) is 0 Å². The van der Waals surface area contributed by atoms with Crippen molar-refractivity contribution in [3.8, 4) is 6.07 Å². The van der Waals surface area contributed by atoms with E-state index in [0.717, 1.165) is 26.5 Å². The second-order valence-corrected chi connectivity index (χ2v) is 8.01. The number of amides is 1. The first kappa shape index (κ1) is 17.9. The fraction of sp³-hybridized carbons (Fsp3) is 0.278. The van der Waals surface area contributed by atoms with Gasteiger partial charge in [-0.05, 0) is 18.6 Å². The lowest BCUT2D eigenvalue weighted by atomic mass is 10.1. The topological polar surface area (TPSA) is 94.0 Å². The standard InChI is InChI=1S/C18H17N5O2S2/c1-11-2-3-13(16-15(11)12(8-19)9-20-16)22-27-18-21-14(10-26-18)17(24)23-4-6-25-7-5-23/h2-3,9-10,20,22H,4-7H2,1H3. The normalized spacial score (nSPS) is 14.3. The zero-order valence-corrected chi connectivity index (χ0v) is 16.2. The summed E-state index contributed by atoms with van der Waals surface area (Å²) in [5.41, 5.74) is 3.90. The number of aryl methyl sites for hydroxylation is 1. The Kier molecular flexibility index (Phi) is 5.03. The highest BCUT2D eigenvalue weighted by atomic mass is 32.2. The van der Waals surface area contributed by atoms with Gasteiger partial charge >= 0.3 is 0 Å². The molecule has 0 saturated carbocycles. The van der Waals surface area contributed by atoms with Crippen LogP contribution >= 0.6 is 23.3 Å². The third-order valence-corrected chi connectivity index (χ3v) is 6.17. The summed E-state index contributed by atoms with van der Waals surface area (Å²) < 4.78 is 9.32. The Labute approximate surface area is 164 Å². The molecule has 0 aliphatic carbocycles. The van der Waals surface area contributed by atoms with Gasteiger partial charge in [-0.1, -0.05) is 6.07 Å². The van der Waals surface area contributed by atoms with Crippen molar-refractivity contribution in [2.45, 2.75) is 11.3 Å². The molecule has 1 aliphatic rings. The molecule has 7 nitrogen and oxygen atoms in total. The summed E-state index contributed by atoms with van der Waals surface area (Å²) in [6, 6.07) is 6.16. The molecule has 3 aromatic rings. The molecule has 9 heteroatoms. The van der Waals surface area contributed by atoms with Crippen molar-refractivity contribution in [1.29, 1.82) is 5.26 Å². The average Bonchev–Trinajstić information content (AvgIpc) is 3.35. The number of carbonyl (C=O) groups is 1. The second-order valence-electron chi connectivity index (χ2n) is 6.10. The zero-order valence-electron chi connectivity index (χ0n) is 14.6. The number of rotatable bonds is 4. The fourth-order valence-electron chi connectivity index (χ4n) is 3.02. The van der Waals surface area contributed by atoms with Crippen molar-refractivity contribution in [3.05, 3.63) is 40.5 Å². The van der Waals surface area contributed by atoms with Crippen molar-refractivity contribution in [3.63, 3.8) is 0 Å². The number of morpholine rings is 1. The highest BCUT2D eigenvalue weighted by molar-refractivity contribution is 8.02. The number of nitrogens with zero attached hydrogens (tertiary/aromatic N) is 3. The minimum Gasteiger partial charge on any atom is -0.378 e. The number of nitriles is 1. The van der Waals surface area contributed by atoms with Crippen molar-refractivity contribution in [2.75, 3.05) is 31.0 Å². The van der Waals surface area contributed by atoms with Crippen LogP contribution in [0.4, 0.5) is 5.69 Å². The Morgan fingerprint density at radius 1 is 1.44 bits per heavy atom. The fourth-order valence-corrected chi connectivity index (χ4v) is 4.51. The summed E-state index contributed by atoms with van der Waals surface area (Å²) in [5.74, 6) is -0.0536. The number of ether oxygens (including phenoxy) is 1. The second kappa shape index (κ2) is 7.60. The molecule has 2 aromatic heterocycles. The van der Waals surface area contributed by atoms with Gasteiger partial charge in [-0.2, -0.15) is 5.26 Å². The average molecular weight is 400 g/mol. The summed E-state index contributed by atoms with van der Waals surface area (Å²) in [6.07, 6.45) is 1.72. The van der Waals surface area contributed by atoms with Gasteiger partial charge < -0.3 is 19.3 Å². The van der Waals surface area contributed by atoms with Crippen molar-refractivity contribution >= 4 is 45.8 Å². The molecule has 4 rings (SSSR count). The summed E-state index contributed by atoms with van der Waals surface area (Å²) in [7, 11) is 0. The largest absolute Gasteiger partial charge is 0.378 e. The minimum atomic E-state index is -0.0536. The predicted molar refractivity (Wildman–Crippen MR) is 106 cm³/mol. The number of anilines is 1. The lowest BCUT2D eigenvalue weighted by molar-refractivity contribution is 0.0299. The monoisotopic (exact) mass is 399 g/mol. The number of aromatic amines is 1. The van der Waals surface area contributed by atoms with Gasteiger partial charge in [-0.3, -0.25) is 4.79 Å². The minimum absolute atomic E-state index is 0.0536. The molecule has 1 saturated heterocycles.